The fourth-order valence-electron chi connectivity index (χ4n) is 6.54. The molecule has 3 aliphatic heterocycles. The van der Waals surface area contributed by atoms with E-state index in [2.05, 4.69) is 15.2 Å². The van der Waals surface area contributed by atoms with Crippen LogP contribution in [0.4, 0.5) is 0 Å². The van der Waals surface area contributed by atoms with Crippen LogP contribution < -0.4 is 19.8 Å². The molecule has 3 fully saturated rings. The summed E-state index contributed by atoms with van der Waals surface area (Å²) in [4.78, 5) is 34.0. The highest BCUT2D eigenvalue weighted by Gasteiger charge is 2.38. The number of esters is 2. The second-order valence-electron chi connectivity index (χ2n) is 12.3. The zero-order valence-corrected chi connectivity index (χ0v) is 30.2. The van der Waals surface area contributed by atoms with Crippen LogP contribution >= 0.6 is 34.5 Å². The molecule has 2 aromatic heterocycles. The largest absolute Gasteiger partial charge is 0.870 e. The number of nitrogens with one attached hydrogen (secondary N) is 2. The first-order valence-electron chi connectivity index (χ1n) is 16.4. The molecule has 10 nitrogen and oxygen atoms in total. The van der Waals surface area contributed by atoms with Crippen molar-refractivity contribution in [1.82, 2.24) is 10.2 Å². The number of benzene rings is 2. The van der Waals surface area contributed by atoms with Gasteiger partial charge in [-0.1, -0.05) is 59.6 Å². The van der Waals surface area contributed by atoms with Crippen LogP contribution in [-0.2, 0) is 38.4 Å². The van der Waals surface area contributed by atoms with E-state index in [0.29, 0.717) is 45.1 Å². The summed E-state index contributed by atoms with van der Waals surface area (Å²) in [5.41, 5.74) is 2.21. The lowest BCUT2D eigenvalue weighted by Crippen LogP contribution is -2.52. The molecule has 3 N–H and O–H groups in total. The van der Waals surface area contributed by atoms with Gasteiger partial charge >= 0.3 is 11.9 Å². The number of piperidine rings is 3. The number of hydrogen-bond acceptors (Lipinski definition) is 10. The molecule has 3 saturated heterocycles. The van der Waals surface area contributed by atoms with Crippen molar-refractivity contribution >= 4 is 46.5 Å². The van der Waals surface area contributed by atoms with E-state index in [1.54, 1.807) is 38.7 Å². The molecule has 4 aromatic rings. The van der Waals surface area contributed by atoms with Crippen molar-refractivity contribution in [1.29, 1.82) is 0 Å². The number of fused-ring (bicyclic) bond motifs is 3. The maximum atomic E-state index is 13.5. The Balaban J connectivity index is 0.00000486. The number of rotatable bonds is 14. The molecule has 5 heterocycles. The van der Waals surface area contributed by atoms with Crippen LogP contribution in [0.2, 0.25) is 10.0 Å². The summed E-state index contributed by atoms with van der Waals surface area (Å²) in [6, 6.07) is 18.3. The van der Waals surface area contributed by atoms with Gasteiger partial charge in [0.25, 0.3) is 0 Å². The zero-order chi connectivity index (χ0) is 34.3. The van der Waals surface area contributed by atoms with Crippen LogP contribution in [0.15, 0.2) is 73.1 Å². The van der Waals surface area contributed by atoms with Crippen molar-refractivity contribution in [3.05, 3.63) is 110 Å². The number of aromatic amines is 1. The van der Waals surface area contributed by atoms with E-state index in [-0.39, 0.29) is 30.4 Å². The van der Waals surface area contributed by atoms with E-state index in [1.807, 2.05) is 48.5 Å². The van der Waals surface area contributed by atoms with Crippen LogP contribution in [0.5, 0.6) is 11.5 Å². The number of aromatic nitrogens is 1. The first-order chi connectivity index (χ1) is 23.8. The van der Waals surface area contributed by atoms with Crippen molar-refractivity contribution in [2.45, 2.75) is 50.5 Å². The number of H-pyrrole nitrogens is 1. The number of pyridine rings is 1. The van der Waals surface area contributed by atoms with Gasteiger partial charge in [0.15, 0.2) is 23.9 Å². The van der Waals surface area contributed by atoms with Crippen LogP contribution in [0.3, 0.4) is 0 Å². The smallest absolute Gasteiger partial charge is 0.328 e. The lowest BCUT2D eigenvalue weighted by atomic mass is 9.86. The summed E-state index contributed by atoms with van der Waals surface area (Å²) in [6.45, 7) is 3.40. The normalized spacial score (nSPS) is 19.2. The van der Waals surface area contributed by atoms with Crippen LogP contribution in [0, 0.1) is 5.92 Å². The van der Waals surface area contributed by atoms with Gasteiger partial charge in [0, 0.05) is 34.8 Å². The maximum absolute atomic E-state index is 13.5. The monoisotopic (exact) mass is 741 g/mol. The summed E-state index contributed by atoms with van der Waals surface area (Å²) < 4.78 is 23.1. The quantitative estimate of drug-likeness (QED) is 0.149. The van der Waals surface area contributed by atoms with Gasteiger partial charge in [-0.3, -0.25) is 15.0 Å². The van der Waals surface area contributed by atoms with E-state index in [0.717, 1.165) is 47.8 Å². The average Bonchev–Trinajstić information content (AvgIpc) is 3.56. The predicted molar refractivity (Wildman–Crippen MR) is 190 cm³/mol. The van der Waals surface area contributed by atoms with Gasteiger partial charge in [-0.15, -0.1) is 11.3 Å². The van der Waals surface area contributed by atoms with Gasteiger partial charge in [-0.2, -0.15) is 0 Å². The SMILES string of the molecule is COc1ccc([C@H](Cc2c(Cl)c[nH+]cc2Cl)OC(=O)Cc2ccc(CNC(C(=O)O[C@H]3CN4CCC3CC4)c3ccccc3)s2)cc1OC.[OH-]. The number of ether oxygens (including phenoxy) is 4. The highest BCUT2D eigenvalue weighted by Crippen LogP contribution is 2.36. The summed E-state index contributed by atoms with van der Waals surface area (Å²) >= 11 is 14.4. The third-order valence-corrected chi connectivity index (χ3v) is 10.9. The van der Waals surface area contributed by atoms with Crippen LogP contribution in [0.1, 0.15) is 51.4 Å². The molecular weight excluding hydrogens is 701 g/mol. The molecule has 50 heavy (non-hydrogen) atoms. The number of hydrogen-bond donors (Lipinski definition) is 1. The van der Waals surface area contributed by atoms with Gasteiger partial charge in [-0.05, 0) is 67.2 Å². The number of thiophene rings is 1. The molecule has 7 rings (SSSR count). The topological polar surface area (TPSA) is 130 Å². The molecule has 0 spiro atoms. The molecule has 0 saturated carbocycles. The molecule has 3 aliphatic rings. The van der Waals surface area contributed by atoms with Crippen LogP contribution in [-0.4, -0.2) is 62.3 Å². The van der Waals surface area contributed by atoms with E-state index < -0.39 is 18.1 Å². The number of carbonyl (C=O) groups is 2. The molecule has 3 atom stereocenters. The highest BCUT2D eigenvalue weighted by atomic mass is 35.5. The Hall–Kier alpha value is -3.71. The fraction of sp³-hybridized carbons (Fsp3) is 0.378. The molecule has 266 valence electrons. The van der Waals surface area contributed by atoms with Gasteiger partial charge < -0.3 is 24.4 Å². The van der Waals surface area contributed by atoms with Gasteiger partial charge in [0.2, 0.25) is 0 Å². The summed E-state index contributed by atoms with van der Waals surface area (Å²) in [5, 5.41) is 4.29. The molecule has 0 radical (unpaired) electrons. The second-order valence-corrected chi connectivity index (χ2v) is 14.4. The van der Waals surface area contributed by atoms with E-state index in [9.17, 15) is 9.59 Å². The Kier molecular flexibility index (Phi) is 13.1. The summed E-state index contributed by atoms with van der Waals surface area (Å²) in [5.74, 6) is 0.832. The third kappa shape index (κ3) is 9.14. The Morgan fingerprint density at radius 2 is 1.64 bits per heavy atom. The van der Waals surface area contributed by atoms with Crippen LogP contribution in [0.25, 0.3) is 0 Å². The van der Waals surface area contributed by atoms with Gasteiger partial charge in [0.05, 0.1) is 20.6 Å². The highest BCUT2D eigenvalue weighted by molar-refractivity contribution is 7.12. The average molecular weight is 743 g/mol. The zero-order valence-electron chi connectivity index (χ0n) is 27.9. The van der Waals surface area contributed by atoms with Gasteiger partial charge in [-0.25, -0.2) is 9.78 Å². The Morgan fingerprint density at radius 3 is 2.30 bits per heavy atom. The Bertz CT molecular complexity index is 1730. The van der Waals surface area contributed by atoms with Crippen molar-refractivity contribution in [3.8, 4) is 11.5 Å². The van der Waals surface area contributed by atoms with Crippen molar-refractivity contribution in [3.63, 3.8) is 0 Å². The molecule has 0 aliphatic carbocycles. The van der Waals surface area contributed by atoms with E-state index in [1.165, 1.54) is 11.3 Å². The van der Waals surface area contributed by atoms with Crippen molar-refractivity contribution in [2.24, 2.45) is 5.92 Å². The molecule has 0 amide bonds. The first-order valence-corrected chi connectivity index (χ1v) is 17.9. The number of carbonyl (C=O) groups excluding carboxylic acids is 2. The predicted octanol–water partition coefficient (Wildman–Crippen LogP) is 6.25. The van der Waals surface area contributed by atoms with E-state index in [4.69, 9.17) is 42.1 Å². The number of nitrogens with zero attached hydrogens (tertiary/aromatic N) is 1. The maximum Gasteiger partial charge on any atom is 0.328 e. The minimum Gasteiger partial charge on any atom is -0.870 e. The first kappa shape index (κ1) is 37.5. The van der Waals surface area contributed by atoms with E-state index >= 15 is 0 Å². The van der Waals surface area contributed by atoms with Gasteiger partial charge in [0.1, 0.15) is 28.3 Å². The van der Waals surface area contributed by atoms with Crippen molar-refractivity contribution < 1.29 is 39.0 Å². The molecule has 1 unspecified atom stereocenters. The molecule has 2 bridgehead atoms. The molecular formula is C37H41Cl2N3O7S. The lowest BCUT2D eigenvalue weighted by Gasteiger charge is -2.44. The Labute approximate surface area is 305 Å². The standard InChI is InChI=1S/C37H39Cl2N3O6S.H2O/c1-45-31-11-8-25(16-33(31)46-2)32(18-28-29(38)20-40-21-30(28)39)47-35(43)17-26-9-10-27(49-26)19-41-36(24-6-4-3-5-7-24)37(44)48-34-22-42-14-12-23(34)13-15-42;/h3-11,16,20-21,23,32,34,36,41H,12-15,17-19,22H2,1-2H3;1H2/t32-,34-,36?;/m0./s1. The summed E-state index contributed by atoms with van der Waals surface area (Å²) in [6.07, 6.45) is 4.98. The molecule has 13 heteroatoms. The molecule has 2 aromatic carbocycles. The number of methoxy groups -OCH3 is 2. The fourth-order valence-corrected chi connectivity index (χ4v) is 8.03. The second kappa shape index (κ2) is 17.5. The lowest BCUT2D eigenvalue weighted by molar-refractivity contribution is -0.377. The Morgan fingerprint density at radius 1 is 0.940 bits per heavy atom. The minimum absolute atomic E-state index is 0. The summed E-state index contributed by atoms with van der Waals surface area (Å²) in [7, 11) is 3.11. The number of halogens is 2. The van der Waals surface area contributed by atoms with Crippen molar-refractivity contribution in [2.75, 3.05) is 33.9 Å². The minimum atomic E-state index is -0.695. The third-order valence-electron chi connectivity index (χ3n) is 9.19.